The summed E-state index contributed by atoms with van der Waals surface area (Å²) in [4.78, 5) is 42.1. The van der Waals surface area contributed by atoms with Gasteiger partial charge < -0.3 is 15.4 Å². The second-order valence-electron chi connectivity index (χ2n) is 8.56. The minimum absolute atomic E-state index is 0.0256. The SMILES string of the molecule is CCOC(=O)c1c(NC(=O)C(C)N2CCC(NC(=O)c3cccs3)CC2)sc2c1CCCC2. The minimum atomic E-state index is -0.345. The average Bonchev–Trinajstić information content (AvgIpc) is 3.47. The van der Waals surface area contributed by atoms with Gasteiger partial charge in [-0.05, 0) is 69.4 Å². The number of carbonyl (C=O) groups is 3. The zero-order chi connectivity index (χ0) is 23.4. The summed E-state index contributed by atoms with van der Waals surface area (Å²) in [5.74, 6) is -0.482. The van der Waals surface area contributed by atoms with E-state index in [0.717, 1.165) is 62.1 Å². The molecule has 1 unspecified atom stereocenters. The molecule has 0 radical (unpaired) electrons. The maximum atomic E-state index is 13.1. The Bertz CT molecular complexity index is 994. The lowest BCUT2D eigenvalue weighted by atomic mass is 9.95. The van der Waals surface area contributed by atoms with Gasteiger partial charge in [0.05, 0.1) is 23.1 Å². The lowest BCUT2D eigenvalue weighted by Gasteiger charge is -2.35. The molecule has 0 spiro atoms. The third kappa shape index (κ3) is 5.47. The summed E-state index contributed by atoms with van der Waals surface area (Å²) < 4.78 is 5.29. The van der Waals surface area contributed by atoms with Crippen molar-refractivity contribution in [3.63, 3.8) is 0 Å². The number of piperidine rings is 1. The summed E-state index contributed by atoms with van der Waals surface area (Å²) >= 11 is 2.95. The number of rotatable bonds is 7. The van der Waals surface area contributed by atoms with Crippen LogP contribution in [0.15, 0.2) is 17.5 Å². The molecule has 3 heterocycles. The zero-order valence-electron chi connectivity index (χ0n) is 19.1. The Balaban J connectivity index is 1.36. The molecule has 1 aliphatic carbocycles. The molecule has 2 aromatic rings. The number of amides is 2. The molecule has 0 saturated carbocycles. The van der Waals surface area contributed by atoms with E-state index < -0.39 is 0 Å². The number of carbonyl (C=O) groups excluding carboxylic acids is 3. The first-order chi connectivity index (χ1) is 16.0. The number of hydrogen-bond donors (Lipinski definition) is 2. The number of fused-ring (bicyclic) bond motifs is 1. The minimum Gasteiger partial charge on any atom is -0.462 e. The quantitative estimate of drug-likeness (QED) is 0.572. The van der Waals surface area contributed by atoms with Gasteiger partial charge in [0, 0.05) is 24.0 Å². The maximum absolute atomic E-state index is 13.1. The third-order valence-corrected chi connectivity index (χ3v) is 8.50. The van der Waals surface area contributed by atoms with Crippen LogP contribution in [0.1, 0.15) is 70.0 Å². The summed E-state index contributed by atoms with van der Waals surface area (Å²) in [7, 11) is 0. The van der Waals surface area contributed by atoms with Crippen molar-refractivity contribution in [2.24, 2.45) is 0 Å². The molecule has 178 valence electrons. The van der Waals surface area contributed by atoms with Crippen LogP contribution in [0.4, 0.5) is 5.00 Å². The number of nitrogens with zero attached hydrogens (tertiary/aromatic N) is 1. The van der Waals surface area contributed by atoms with E-state index in [2.05, 4.69) is 15.5 Å². The first-order valence-electron chi connectivity index (χ1n) is 11.7. The largest absolute Gasteiger partial charge is 0.462 e. The zero-order valence-corrected chi connectivity index (χ0v) is 20.8. The Morgan fingerprint density at radius 2 is 1.97 bits per heavy atom. The van der Waals surface area contributed by atoms with Crippen LogP contribution in [-0.4, -0.2) is 54.5 Å². The highest BCUT2D eigenvalue weighted by atomic mass is 32.1. The molecule has 0 aromatic carbocycles. The van der Waals surface area contributed by atoms with Gasteiger partial charge in [0.2, 0.25) is 5.91 Å². The highest BCUT2D eigenvalue weighted by molar-refractivity contribution is 7.17. The van der Waals surface area contributed by atoms with Crippen molar-refractivity contribution < 1.29 is 19.1 Å². The molecular formula is C24H31N3O4S2. The van der Waals surface area contributed by atoms with Gasteiger partial charge in [-0.3, -0.25) is 14.5 Å². The fraction of sp³-hybridized carbons (Fsp3) is 0.542. The number of esters is 1. The second kappa shape index (κ2) is 10.8. The fourth-order valence-corrected chi connectivity index (χ4v) is 6.46. The smallest absolute Gasteiger partial charge is 0.341 e. The molecule has 1 atom stereocenters. The van der Waals surface area contributed by atoms with E-state index >= 15 is 0 Å². The number of thiophene rings is 2. The number of ether oxygens (including phenoxy) is 1. The van der Waals surface area contributed by atoms with E-state index in [1.165, 1.54) is 27.6 Å². The standard InChI is InChI=1S/C24H31N3O4S2/c1-3-31-24(30)20-17-7-4-5-8-18(17)33-23(20)26-21(28)15(2)27-12-10-16(11-13-27)25-22(29)19-9-6-14-32-19/h6,9,14-16H,3-5,7-8,10-13H2,1-2H3,(H,25,29)(H,26,28). The summed E-state index contributed by atoms with van der Waals surface area (Å²) in [5.41, 5.74) is 1.60. The Labute approximate surface area is 202 Å². The molecular weight excluding hydrogens is 458 g/mol. The molecule has 2 amide bonds. The molecule has 2 N–H and O–H groups in total. The van der Waals surface area contributed by atoms with Crippen LogP contribution in [0.5, 0.6) is 0 Å². The van der Waals surface area contributed by atoms with Crippen molar-refractivity contribution in [3.8, 4) is 0 Å². The number of likely N-dealkylation sites (tertiary alicyclic amines) is 1. The van der Waals surface area contributed by atoms with Crippen LogP contribution in [-0.2, 0) is 22.4 Å². The van der Waals surface area contributed by atoms with E-state index in [0.29, 0.717) is 17.2 Å². The lowest BCUT2D eigenvalue weighted by molar-refractivity contribution is -0.121. The molecule has 4 rings (SSSR count). The highest BCUT2D eigenvalue weighted by Gasteiger charge is 2.31. The molecule has 9 heteroatoms. The molecule has 0 bridgehead atoms. The van der Waals surface area contributed by atoms with Gasteiger partial charge in [0.15, 0.2) is 0 Å². The van der Waals surface area contributed by atoms with E-state index in [1.54, 1.807) is 6.92 Å². The van der Waals surface area contributed by atoms with E-state index in [4.69, 9.17) is 4.74 Å². The maximum Gasteiger partial charge on any atom is 0.341 e. The number of nitrogens with one attached hydrogen (secondary N) is 2. The molecule has 33 heavy (non-hydrogen) atoms. The first kappa shape index (κ1) is 23.9. The Morgan fingerprint density at radius 1 is 1.21 bits per heavy atom. The molecule has 1 aliphatic heterocycles. The normalized spacial score (nSPS) is 17.8. The summed E-state index contributed by atoms with van der Waals surface area (Å²) in [6.07, 6.45) is 5.57. The molecule has 7 nitrogen and oxygen atoms in total. The van der Waals surface area contributed by atoms with Gasteiger partial charge in [-0.2, -0.15) is 0 Å². The van der Waals surface area contributed by atoms with Crippen molar-refractivity contribution >= 4 is 45.5 Å². The molecule has 1 fully saturated rings. The van der Waals surface area contributed by atoms with Crippen LogP contribution in [0, 0.1) is 0 Å². The predicted molar refractivity (Wildman–Crippen MR) is 131 cm³/mol. The fourth-order valence-electron chi connectivity index (χ4n) is 4.55. The number of hydrogen-bond acceptors (Lipinski definition) is 7. The lowest BCUT2D eigenvalue weighted by Crippen LogP contribution is -2.50. The number of aryl methyl sites for hydroxylation is 1. The van der Waals surface area contributed by atoms with Crippen molar-refractivity contribution in [3.05, 3.63) is 38.4 Å². The van der Waals surface area contributed by atoms with Crippen molar-refractivity contribution in [1.29, 1.82) is 0 Å². The van der Waals surface area contributed by atoms with Gasteiger partial charge in [-0.1, -0.05) is 6.07 Å². The van der Waals surface area contributed by atoms with Gasteiger partial charge in [0.1, 0.15) is 5.00 Å². The predicted octanol–water partition coefficient (Wildman–Crippen LogP) is 4.09. The summed E-state index contributed by atoms with van der Waals surface area (Å²) in [6.45, 7) is 5.47. The third-order valence-electron chi connectivity index (χ3n) is 6.42. The first-order valence-corrected chi connectivity index (χ1v) is 13.4. The Hall–Kier alpha value is -2.23. The molecule has 2 aromatic heterocycles. The number of anilines is 1. The van der Waals surface area contributed by atoms with Crippen LogP contribution < -0.4 is 10.6 Å². The van der Waals surface area contributed by atoms with Crippen LogP contribution in [0.2, 0.25) is 0 Å². The average molecular weight is 490 g/mol. The van der Waals surface area contributed by atoms with Gasteiger partial charge in [-0.25, -0.2) is 4.79 Å². The highest BCUT2D eigenvalue weighted by Crippen LogP contribution is 2.38. The van der Waals surface area contributed by atoms with Crippen LogP contribution >= 0.6 is 22.7 Å². The van der Waals surface area contributed by atoms with E-state index in [-0.39, 0.29) is 29.9 Å². The molecule has 1 saturated heterocycles. The van der Waals surface area contributed by atoms with Crippen LogP contribution in [0.25, 0.3) is 0 Å². The van der Waals surface area contributed by atoms with Crippen molar-refractivity contribution in [2.75, 3.05) is 25.0 Å². The van der Waals surface area contributed by atoms with E-state index in [1.807, 2.05) is 24.4 Å². The van der Waals surface area contributed by atoms with Gasteiger partial charge in [0.25, 0.3) is 5.91 Å². The second-order valence-corrected chi connectivity index (χ2v) is 10.6. The van der Waals surface area contributed by atoms with Gasteiger partial charge in [-0.15, -0.1) is 22.7 Å². The summed E-state index contributed by atoms with van der Waals surface area (Å²) in [6, 6.07) is 3.49. The van der Waals surface area contributed by atoms with Crippen molar-refractivity contribution in [1.82, 2.24) is 10.2 Å². The summed E-state index contributed by atoms with van der Waals surface area (Å²) in [5, 5.41) is 8.66. The van der Waals surface area contributed by atoms with Crippen molar-refractivity contribution in [2.45, 2.75) is 64.5 Å². The van der Waals surface area contributed by atoms with E-state index in [9.17, 15) is 14.4 Å². The van der Waals surface area contributed by atoms with Crippen LogP contribution in [0.3, 0.4) is 0 Å². The monoisotopic (exact) mass is 489 g/mol. The topological polar surface area (TPSA) is 87.7 Å². The Kier molecular flexibility index (Phi) is 7.82. The van der Waals surface area contributed by atoms with Gasteiger partial charge >= 0.3 is 5.97 Å². The Morgan fingerprint density at radius 3 is 2.67 bits per heavy atom. The molecule has 2 aliphatic rings.